The second-order valence-corrected chi connectivity index (χ2v) is 8.70. The normalized spacial score (nSPS) is 14.6. The van der Waals surface area contributed by atoms with Gasteiger partial charge in [-0.15, -0.1) is 0 Å². The third kappa shape index (κ3) is 6.25. The number of hydrogen-bond donors (Lipinski definition) is 1. The first-order valence-electron chi connectivity index (χ1n) is 11.3. The number of nitrogens with one attached hydrogen (secondary N) is 1. The molecule has 10 heteroatoms. The van der Waals surface area contributed by atoms with Gasteiger partial charge in [-0.05, 0) is 36.4 Å². The maximum absolute atomic E-state index is 13.5. The summed E-state index contributed by atoms with van der Waals surface area (Å²) in [4.78, 5) is 27.7. The summed E-state index contributed by atoms with van der Waals surface area (Å²) in [5.41, 5.74) is 2.08. The summed E-state index contributed by atoms with van der Waals surface area (Å²) < 4.78 is 21.3. The smallest absolute Gasteiger partial charge is 0.255 e. The van der Waals surface area contributed by atoms with E-state index in [1.807, 2.05) is 0 Å². The summed E-state index contributed by atoms with van der Waals surface area (Å²) in [7, 11) is 1.78. The maximum Gasteiger partial charge on any atom is 0.255 e. The van der Waals surface area contributed by atoms with E-state index in [0.29, 0.717) is 40.9 Å². The Morgan fingerprint density at radius 2 is 1.94 bits per heavy atom. The zero-order valence-corrected chi connectivity index (χ0v) is 20.2. The van der Waals surface area contributed by atoms with Gasteiger partial charge in [0, 0.05) is 56.6 Å². The van der Waals surface area contributed by atoms with Crippen LogP contribution >= 0.6 is 11.6 Å². The predicted molar refractivity (Wildman–Crippen MR) is 132 cm³/mol. The first-order valence-corrected chi connectivity index (χ1v) is 11.7. The highest BCUT2D eigenvalue weighted by atomic mass is 35.5. The van der Waals surface area contributed by atoms with E-state index in [2.05, 4.69) is 20.2 Å². The molecule has 3 aromatic rings. The quantitative estimate of drug-likeness (QED) is 0.455. The minimum Gasteiger partial charge on any atom is -0.492 e. The van der Waals surface area contributed by atoms with Gasteiger partial charge in [0.2, 0.25) is 0 Å². The van der Waals surface area contributed by atoms with Crippen LogP contribution in [0.3, 0.4) is 0 Å². The van der Waals surface area contributed by atoms with Crippen LogP contribution in [0.4, 0.5) is 10.1 Å². The molecule has 184 valence electrons. The van der Waals surface area contributed by atoms with Gasteiger partial charge in [0.25, 0.3) is 5.91 Å². The van der Waals surface area contributed by atoms with E-state index >= 15 is 0 Å². The van der Waals surface area contributed by atoms with Crippen LogP contribution in [-0.4, -0.2) is 77.6 Å². The highest BCUT2D eigenvalue weighted by Gasteiger charge is 2.19. The molecule has 1 aliphatic rings. The van der Waals surface area contributed by atoms with E-state index in [4.69, 9.17) is 16.3 Å². The number of carbonyl (C=O) groups is 2. The average Bonchev–Trinajstić information content (AvgIpc) is 3.18. The molecule has 1 amide bonds. The Labute approximate surface area is 208 Å². The van der Waals surface area contributed by atoms with Crippen molar-refractivity contribution in [2.75, 3.05) is 51.2 Å². The van der Waals surface area contributed by atoms with Crippen LogP contribution in [0.15, 0.2) is 48.7 Å². The molecule has 0 bridgehead atoms. The zero-order chi connectivity index (χ0) is 24.8. The number of nitrogens with zero attached hydrogens (tertiary/aromatic N) is 4. The number of benzene rings is 2. The van der Waals surface area contributed by atoms with Crippen molar-refractivity contribution in [1.29, 1.82) is 0 Å². The summed E-state index contributed by atoms with van der Waals surface area (Å²) in [6, 6.07) is 10.8. The van der Waals surface area contributed by atoms with Crippen molar-refractivity contribution in [3.05, 3.63) is 65.1 Å². The highest BCUT2D eigenvalue weighted by Crippen LogP contribution is 2.36. The van der Waals surface area contributed by atoms with E-state index in [1.54, 1.807) is 42.2 Å². The molecule has 1 aliphatic heterocycles. The van der Waals surface area contributed by atoms with Crippen molar-refractivity contribution in [1.82, 2.24) is 19.6 Å². The number of rotatable bonds is 9. The molecule has 0 aliphatic carbocycles. The number of ether oxygens (including phenoxy) is 1. The van der Waals surface area contributed by atoms with Gasteiger partial charge in [-0.25, -0.2) is 4.39 Å². The van der Waals surface area contributed by atoms with Crippen molar-refractivity contribution < 1.29 is 18.7 Å². The SMILES string of the molecule is Cn1ncc(Cl)c1-c1cc(NC(=O)c2cccc(F)c2)ccc1OCCN1CCN(CC=O)CC1. The first-order chi connectivity index (χ1) is 16.9. The molecule has 4 rings (SSSR count). The summed E-state index contributed by atoms with van der Waals surface area (Å²) in [6.45, 7) is 5.14. The lowest BCUT2D eigenvalue weighted by molar-refractivity contribution is -0.109. The number of aryl methyl sites for hydroxylation is 1. The number of hydrogen-bond acceptors (Lipinski definition) is 6. The molecular formula is C25H27ClFN5O3. The Morgan fingerprint density at radius 1 is 1.17 bits per heavy atom. The molecule has 8 nitrogen and oxygen atoms in total. The number of anilines is 1. The Bertz CT molecular complexity index is 1170. The number of amides is 1. The minimum absolute atomic E-state index is 0.221. The van der Waals surface area contributed by atoms with Crippen LogP contribution in [0.25, 0.3) is 11.3 Å². The third-order valence-electron chi connectivity index (χ3n) is 5.94. The van der Waals surface area contributed by atoms with Gasteiger partial charge in [0.15, 0.2) is 0 Å². The predicted octanol–water partition coefficient (Wildman–Crippen LogP) is 3.33. The molecular weight excluding hydrogens is 473 g/mol. The minimum atomic E-state index is -0.478. The number of carbonyl (C=O) groups excluding carboxylic acids is 2. The van der Waals surface area contributed by atoms with Crippen LogP contribution in [0.1, 0.15) is 10.4 Å². The van der Waals surface area contributed by atoms with E-state index in [-0.39, 0.29) is 5.56 Å². The van der Waals surface area contributed by atoms with Crippen LogP contribution in [0.5, 0.6) is 5.75 Å². The fourth-order valence-electron chi connectivity index (χ4n) is 4.05. The van der Waals surface area contributed by atoms with E-state index < -0.39 is 11.7 Å². The van der Waals surface area contributed by atoms with Gasteiger partial charge in [-0.2, -0.15) is 5.10 Å². The highest BCUT2D eigenvalue weighted by molar-refractivity contribution is 6.33. The molecule has 1 aromatic heterocycles. The summed E-state index contributed by atoms with van der Waals surface area (Å²) in [5, 5.41) is 7.48. The lowest BCUT2D eigenvalue weighted by Gasteiger charge is -2.33. The Balaban J connectivity index is 1.48. The monoisotopic (exact) mass is 499 g/mol. The molecule has 1 saturated heterocycles. The van der Waals surface area contributed by atoms with Crippen molar-refractivity contribution in [2.24, 2.45) is 7.05 Å². The largest absolute Gasteiger partial charge is 0.492 e. The molecule has 0 radical (unpaired) electrons. The average molecular weight is 500 g/mol. The van der Waals surface area contributed by atoms with E-state index in [0.717, 1.165) is 39.0 Å². The van der Waals surface area contributed by atoms with Gasteiger partial charge in [-0.1, -0.05) is 17.7 Å². The second kappa shape index (κ2) is 11.4. The van der Waals surface area contributed by atoms with Gasteiger partial charge in [0.1, 0.15) is 24.5 Å². The lowest BCUT2D eigenvalue weighted by Crippen LogP contribution is -2.47. The molecule has 1 fully saturated rings. The van der Waals surface area contributed by atoms with Gasteiger partial charge >= 0.3 is 0 Å². The van der Waals surface area contributed by atoms with Gasteiger partial charge < -0.3 is 14.8 Å². The van der Waals surface area contributed by atoms with Crippen molar-refractivity contribution in [3.8, 4) is 17.0 Å². The topological polar surface area (TPSA) is 79.7 Å². The summed E-state index contributed by atoms with van der Waals surface area (Å²) in [6.07, 6.45) is 2.49. The lowest BCUT2D eigenvalue weighted by atomic mass is 10.1. The molecule has 2 aromatic carbocycles. The van der Waals surface area contributed by atoms with Gasteiger partial charge in [-0.3, -0.25) is 19.3 Å². The number of piperazine rings is 1. The van der Waals surface area contributed by atoms with Crippen LogP contribution < -0.4 is 10.1 Å². The number of aldehydes is 1. The molecule has 0 saturated carbocycles. The van der Waals surface area contributed by atoms with Crippen molar-refractivity contribution in [2.45, 2.75) is 0 Å². The number of aromatic nitrogens is 2. The number of halogens is 2. The zero-order valence-electron chi connectivity index (χ0n) is 19.4. The molecule has 1 N–H and O–H groups in total. The van der Waals surface area contributed by atoms with Crippen LogP contribution in [0.2, 0.25) is 5.02 Å². The van der Waals surface area contributed by atoms with Crippen molar-refractivity contribution in [3.63, 3.8) is 0 Å². The second-order valence-electron chi connectivity index (χ2n) is 8.30. The maximum atomic E-state index is 13.5. The standard InChI is InChI=1S/C25H27ClFN5O3/c1-30-24(22(26)17-28-30)21-16-20(29-25(34)18-3-2-4-19(27)15-18)5-6-23(21)35-14-12-32-9-7-31(8-10-32)11-13-33/h2-6,13,15-17H,7-12,14H2,1H3,(H,29,34). The Kier molecular flexibility index (Phi) is 8.12. The van der Waals surface area contributed by atoms with Crippen molar-refractivity contribution >= 4 is 29.5 Å². The van der Waals surface area contributed by atoms with E-state index in [1.165, 1.54) is 18.2 Å². The third-order valence-corrected chi connectivity index (χ3v) is 6.21. The Morgan fingerprint density at radius 3 is 2.63 bits per heavy atom. The van der Waals surface area contributed by atoms with E-state index in [9.17, 15) is 14.0 Å². The summed E-state index contributed by atoms with van der Waals surface area (Å²) >= 11 is 6.41. The molecule has 0 atom stereocenters. The molecule has 0 unspecified atom stereocenters. The molecule has 2 heterocycles. The van der Waals surface area contributed by atoms with Crippen LogP contribution in [0, 0.1) is 5.82 Å². The van der Waals surface area contributed by atoms with Gasteiger partial charge in [0.05, 0.1) is 23.5 Å². The first kappa shape index (κ1) is 24.8. The molecule has 35 heavy (non-hydrogen) atoms. The van der Waals surface area contributed by atoms with Crippen LogP contribution in [-0.2, 0) is 11.8 Å². The fraction of sp³-hybridized carbons (Fsp3) is 0.320. The summed E-state index contributed by atoms with van der Waals surface area (Å²) in [5.74, 6) is -0.290. The fourth-order valence-corrected chi connectivity index (χ4v) is 4.32. The Hall–Kier alpha value is -3.27. The molecule has 0 spiro atoms.